The van der Waals surface area contributed by atoms with E-state index in [0.717, 1.165) is 28.4 Å². The van der Waals surface area contributed by atoms with E-state index in [1.165, 1.54) is 10.9 Å². The monoisotopic (exact) mass is 279 g/mol. The molecule has 0 saturated carbocycles. The van der Waals surface area contributed by atoms with E-state index >= 15 is 0 Å². The van der Waals surface area contributed by atoms with Gasteiger partial charge in [-0.15, -0.1) is 0 Å². The van der Waals surface area contributed by atoms with Gasteiger partial charge in [0, 0.05) is 27.0 Å². The first-order valence-corrected chi connectivity index (χ1v) is 6.13. The van der Waals surface area contributed by atoms with E-state index in [2.05, 4.69) is 33.9 Å². The molecule has 0 aliphatic heterocycles. The lowest BCUT2D eigenvalue weighted by Crippen LogP contribution is -2.01. The van der Waals surface area contributed by atoms with Crippen LogP contribution in [0.4, 0.5) is 0 Å². The molecule has 1 N–H and O–H groups in total. The van der Waals surface area contributed by atoms with Crippen molar-refractivity contribution in [1.29, 1.82) is 0 Å². The number of carbonyl (C=O) groups excluding carboxylic acids is 1. The average molecular weight is 280 g/mol. The fourth-order valence-corrected chi connectivity index (χ4v) is 2.63. The molecule has 2 rings (SSSR count). The predicted molar refractivity (Wildman–Crippen MR) is 69.7 cm³/mol. The lowest BCUT2D eigenvalue weighted by Gasteiger charge is -2.05. The molecule has 2 nitrogen and oxygen atoms in total. The Labute approximate surface area is 103 Å². The van der Waals surface area contributed by atoms with Crippen LogP contribution in [0.15, 0.2) is 22.7 Å². The number of benzene rings is 1. The summed E-state index contributed by atoms with van der Waals surface area (Å²) < 4.78 is 1.09. The molecule has 16 heavy (non-hydrogen) atoms. The molecule has 1 heterocycles. The van der Waals surface area contributed by atoms with Crippen LogP contribution in [0.1, 0.15) is 18.2 Å². The summed E-state index contributed by atoms with van der Waals surface area (Å²) in [5, 5.41) is 1.20. The fraction of sp³-hybridized carbons (Fsp3) is 0.308. The maximum absolute atomic E-state index is 10.7. The average Bonchev–Trinajstić information content (AvgIpc) is 2.56. The quantitative estimate of drug-likeness (QED) is 0.856. The molecule has 0 aliphatic rings. The Kier molecular flexibility index (Phi) is 3.15. The van der Waals surface area contributed by atoms with Gasteiger partial charge in [0.05, 0.1) is 0 Å². The van der Waals surface area contributed by atoms with Crippen LogP contribution < -0.4 is 0 Å². The third kappa shape index (κ3) is 1.92. The minimum atomic E-state index is 0.0600. The Morgan fingerprint density at radius 3 is 2.94 bits per heavy atom. The van der Waals surface area contributed by atoms with Crippen LogP contribution in [0.3, 0.4) is 0 Å². The number of aromatic amines is 1. The Bertz CT molecular complexity index is 530. The van der Waals surface area contributed by atoms with Crippen LogP contribution in [0.2, 0.25) is 0 Å². The van der Waals surface area contributed by atoms with Gasteiger partial charge in [-0.1, -0.05) is 28.9 Å². The first kappa shape index (κ1) is 11.4. The number of aryl methyl sites for hydroxylation is 1. The van der Waals surface area contributed by atoms with Crippen LogP contribution in [0.5, 0.6) is 0 Å². The van der Waals surface area contributed by atoms with Crippen LogP contribution in [0, 0.1) is 12.8 Å². The molecule has 1 unspecified atom stereocenters. The molecule has 84 valence electrons. The third-order valence-electron chi connectivity index (χ3n) is 2.85. The Balaban J connectivity index is 2.58. The summed E-state index contributed by atoms with van der Waals surface area (Å²) in [7, 11) is 0. The molecule has 0 radical (unpaired) electrons. The number of hydrogen-bond donors (Lipinski definition) is 1. The van der Waals surface area contributed by atoms with Gasteiger partial charge in [-0.2, -0.15) is 0 Å². The van der Waals surface area contributed by atoms with Gasteiger partial charge < -0.3 is 9.78 Å². The Hall–Kier alpha value is -1.09. The van der Waals surface area contributed by atoms with Crippen molar-refractivity contribution in [3.63, 3.8) is 0 Å². The van der Waals surface area contributed by atoms with E-state index in [9.17, 15) is 4.79 Å². The molecule has 0 amide bonds. The second-order valence-corrected chi connectivity index (χ2v) is 5.06. The number of rotatable bonds is 3. The molecule has 1 aromatic heterocycles. The third-order valence-corrected chi connectivity index (χ3v) is 3.51. The number of nitrogens with one attached hydrogen (secondary N) is 1. The predicted octanol–water partition coefficient (Wildman–Crippen LogP) is 3.62. The SMILES string of the molecule is Cc1[nH]c2cccc(Br)c2c1CC(C)C=O. The molecular formula is C13H14BrNO. The Morgan fingerprint density at radius 2 is 2.25 bits per heavy atom. The van der Waals surface area contributed by atoms with Crippen LogP contribution >= 0.6 is 15.9 Å². The van der Waals surface area contributed by atoms with Gasteiger partial charge in [0.1, 0.15) is 6.29 Å². The summed E-state index contributed by atoms with van der Waals surface area (Å²) >= 11 is 3.56. The van der Waals surface area contributed by atoms with Crippen molar-refractivity contribution in [2.45, 2.75) is 20.3 Å². The largest absolute Gasteiger partial charge is 0.358 e. The van der Waals surface area contributed by atoms with E-state index in [0.29, 0.717) is 0 Å². The first-order valence-electron chi connectivity index (χ1n) is 5.34. The van der Waals surface area contributed by atoms with Crippen molar-refractivity contribution >= 4 is 33.1 Å². The highest BCUT2D eigenvalue weighted by molar-refractivity contribution is 9.10. The van der Waals surface area contributed by atoms with Gasteiger partial charge in [0.25, 0.3) is 0 Å². The smallest absolute Gasteiger partial charge is 0.123 e. The van der Waals surface area contributed by atoms with Crippen molar-refractivity contribution < 1.29 is 4.79 Å². The summed E-state index contributed by atoms with van der Waals surface area (Å²) in [6.45, 7) is 4.00. The maximum Gasteiger partial charge on any atom is 0.123 e. The Morgan fingerprint density at radius 1 is 1.50 bits per heavy atom. The first-order chi connectivity index (χ1) is 7.63. The molecule has 0 bridgehead atoms. The topological polar surface area (TPSA) is 32.9 Å². The minimum Gasteiger partial charge on any atom is -0.358 e. The number of hydrogen-bond acceptors (Lipinski definition) is 1. The lowest BCUT2D eigenvalue weighted by molar-refractivity contribution is -0.110. The normalized spacial score (nSPS) is 12.9. The van der Waals surface area contributed by atoms with Gasteiger partial charge in [-0.25, -0.2) is 0 Å². The van der Waals surface area contributed by atoms with Crippen molar-refractivity contribution in [2.24, 2.45) is 5.92 Å². The molecule has 1 atom stereocenters. The second-order valence-electron chi connectivity index (χ2n) is 4.21. The van der Waals surface area contributed by atoms with Crippen molar-refractivity contribution in [3.8, 4) is 0 Å². The van der Waals surface area contributed by atoms with E-state index < -0.39 is 0 Å². The molecule has 0 aliphatic carbocycles. The van der Waals surface area contributed by atoms with Crippen molar-refractivity contribution in [3.05, 3.63) is 33.9 Å². The van der Waals surface area contributed by atoms with Gasteiger partial charge in [0.15, 0.2) is 0 Å². The number of halogens is 1. The molecular weight excluding hydrogens is 266 g/mol. The minimum absolute atomic E-state index is 0.0600. The number of aldehydes is 1. The molecule has 1 aromatic carbocycles. The van der Waals surface area contributed by atoms with Gasteiger partial charge >= 0.3 is 0 Å². The summed E-state index contributed by atoms with van der Waals surface area (Å²) in [5.41, 5.74) is 3.51. The molecule has 0 saturated heterocycles. The zero-order valence-electron chi connectivity index (χ0n) is 9.38. The van der Waals surface area contributed by atoms with Crippen molar-refractivity contribution in [2.75, 3.05) is 0 Å². The summed E-state index contributed by atoms with van der Waals surface area (Å²) in [4.78, 5) is 14.1. The summed E-state index contributed by atoms with van der Waals surface area (Å²) in [5.74, 6) is 0.0600. The highest BCUT2D eigenvalue weighted by atomic mass is 79.9. The van der Waals surface area contributed by atoms with Crippen LogP contribution in [-0.2, 0) is 11.2 Å². The zero-order chi connectivity index (χ0) is 11.7. The van der Waals surface area contributed by atoms with E-state index in [1.54, 1.807) is 0 Å². The number of fused-ring (bicyclic) bond motifs is 1. The van der Waals surface area contributed by atoms with E-state index in [-0.39, 0.29) is 5.92 Å². The standard InChI is InChI=1S/C13H14BrNO/c1-8(7-16)6-10-9(2)15-12-5-3-4-11(14)13(10)12/h3-5,7-8,15H,6H2,1-2H3. The molecule has 3 heteroatoms. The van der Waals surface area contributed by atoms with Gasteiger partial charge in [-0.05, 0) is 31.0 Å². The number of H-pyrrole nitrogens is 1. The van der Waals surface area contributed by atoms with E-state index in [4.69, 9.17) is 0 Å². The summed E-state index contributed by atoms with van der Waals surface area (Å²) in [6.07, 6.45) is 1.80. The number of carbonyl (C=O) groups is 1. The summed E-state index contributed by atoms with van der Waals surface area (Å²) in [6, 6.07) is 6.10. The van der Waals surface area contributed by atoms with Gasteiger partial charge in [-0.3, -0.25) is 0 Å². The van der Waals surface area contributed by atoms with Gasteiger partial charge in [0.2, 0.25) is 0 Å². The second kappa shape index (κ2) is 4.42. The zero-order valence-corrected chi connectivity index (χ0v) is 11.0. The highest BCUT2D eigenvalue weighted by Gasteiger charge is 2.13. The van der Waals surface area contributed by atoms with Crippen LogP contribution in [0.25, 0.3) is 10.9 Å². The van der Waals surface area contributed by atoms with Crippen LogP contribution in [-0.4, -0.2) is 11.3 Å². The highest BCUT2D eigenvalue weighted by Crippen LogP contribution is 2.30. The molecule has 2 aromatic rings. The van der Waals surface area contributed by atoms with Crippen molar-refractivity contribution in [1.82, 2.24) is 4.98 Å². The lowest BCUT2D eigenvalue weighted by atomic mass is 10.00. The molecule has 0 spiro atoms. The maximum atomic E-state index is 10.7. The fourth-order valence-electron chi connectivity index (χ4n) is 2.03. The van der Waals surface area contributed by atoms with E-state index in [1.807, 2.05) is 19.1 Å². The molecule has 0 fully saturated rings. The number of aromatic nitrogens is 1.